The van der Waals surface area contributed by atoms with E-state index in [0.29, 0.717) is 0 Å². The lowest BCUT2D eigenvalue weighted by Crippen LogP contribution is -2.44. The number of hydrogen-bond donors (Lipinski definition) is 1. The van der Waals surface area contributed by atoms with Gasteiger partial charge in [-0.15, -0.1) is 11.3 Å². The number of hydrogen-bond acceptors (Lipinski definition) is 3. The molecule has 1 fully saturated rings. The van der Waals surface area contributed by atoms with Crippen LogP contribution in [0.3, 0.4) is 0 Å². The van der Waals surface area contributed by atoms with E-state index < -0.39 is 12.7 Å². The molecular weight excluding hydrogens is 261 g/mol. The van der Waals surface area contributed by atoms with Crippen LogP contribution in [0.25, 0.3) is 0 Å². The molecule has 0 amide bonds. The van der Waals surface area contributed by atoms with Gasteiger partial charge in [-0.2, -0.15) is 13.2 Å². The maximum absolute atomic E-state index is 12.7. The van der Waals surface area contributed by atoms with Gasteiger partial charge in [-0.05, 0) is 31.2 Å². The summed E-state index contributed by atoms with van der Waals surface area (Å²) in [7, 11) is 0. The highest BCUT2D eigenvalue weighted by molar-refractivity contribution is 7.10. The van der Waals surface area contributed by atoms with Gasteiger partial charge in [0, 0.05) is 17.0 Å². The van der Waals surface area contributed by atoms with Gasteiger partial charge in [0.05, 0.1) is 12.6 Å². The second kappa shape index (κ2) is 5.19. The predicted octanol–water partition coefficient (Wildman–Crippen LogP) is 3.16. The molecule has 18 heavy (non-hydrogen) atoms. The monoisotopic (exact) mass is 278 g/mol. The van der Waals surface area contributed by atoms with E-state index in [1.165, 1.54) is 16.2 Å². The average Bonchev–Trinajstić information content (AvgIpc) is 2.94. The number of halogens is 3. The van der Waals surface area contributed by atoms with Crippen LogP contribution in [0, 0.1) is 0 Å². The molecular formula is C12H17F3N2S. The van der Waals surface area contributed by atoms with Crippen LogP contribution in [0.2, 0.25) is 0 Å². The van der Waals surface area contributed by atoms with Gasteiger partial charge < -0.3 is 5.73 Å². The fourth-order valence-electron chi connectivity index (χ4n) is 2.25. The lowest BCUT2D eigenvalue weighted by molar-refractivity contribution is -0.153. The fourth-order valence-corrected chi connectivity index (χ4v) is 3.21. The Hall–Kier alpha value is -0.590. The molecule has 0 aromatic carbocycles. The van der Waals surface area contributed by atoms with Crippen molar-refractivity contribution in [3.63, 3.8) is 0 Å². The lowest BCUT2D eigenvalue weighted by atomic mass is 10.1. The summed E-state index contributed by atoms with van der Waals surface area (Å²) >= 11 is 1.47. The van der Waals surface area contributed by atoms with Crippen LogP contribution >= 0.6 is 11.3 Å². The Morgan fingerprint density at radius 2 is 2.17 bits per heavy atom. The first-order chi connectivity index (χ1) is 8.38. The zero-order valence-corrected chi connectivity index (χ0v) is 11.0. The Morgan fingerprint density at radius 3 is 2.56 bits per heavy atom. The van der Waals surface area contributed by atoms with E-state index in [1.54, 1.807) is 6.92 Å². The summed E-state index contributed by atoms with van der Waals surface area (Å²) in [5.74, 6) is 0. The van der Waals surface area contributed by atoms with Crippen LogP contribution in [0.1, 0.15) is 30.7 Å². The second-order valence-corrected chi connectivity index (χ2v) is 5.82. The highest BCUT2D eigenvalue weighted by Gasteiger charge is 2.43. The third-order valence-electron chi connectivity index (χ3n) is 3.07. The standard InChI is InChI=1S/C12H17F3N2S/c1-8(16)11(10-3-2-6-18-10)17(9-4-5-9)7-12(13,14)15/h2-3,6,8-9,11H,4-5,7,16H2,1H3. The van der Waals surface area contributed by atoms with Gasteiger partial charge in [-0.25, -0.2) is 0 Å². The third-order valence-corrected chi connectivity index (χ3v) is 4.01. The molecule has 0 saturated heterocycles. The van der Waals surface area contributed by atoms with Crippen molar-refractivity contribution in [3.8, 4) is 0 Å². The van der Waals surface area contributed by atoms with E-state index in [1.807, 2.05) is 17.5 Å². The number of nitrogens with two attached hydrogens (primary N) is 1. The topological polar surface area (TPSA) is 29.3 Å². The van der Waals surface area contributed by atoms with E-state index in [4.69, 9.17) is 5.73 Å². The zero-order chi connectivity index (χ0) is 13.3. The molecule has 1 saturated carbocycles. The van der Waals surface area contributed by atoms with Crippen LogP contribution in [-0.2, 0) is 0 Å². The van der Waals surface area contributed by atoms with Crippen LogP contribution in [0.15, 0.2) is 17.5 Å². The Kier molecular flexibility index (Phi) is 3.99. The summed E-state index contributed by atoms with van der Waals surface area (Å²) in [6.07, 6.45) is -2.50. The van der Waals surface area contributed by atoms with E-state index >= 15 is 0 Å². The van der Waals surface area contributed by atoms with Crippen molar-refractivity contribution in [1.29, 1.82) is 0 Å². The van der Waals surface area contributed by atoms with Crippen molar-refractivity contribution in [1.82, 2.24) is 4.90 Å². The highest BCUT2D eigenvalue weighted by Crippen LogP contribution is 2.39. The largest absolute Gasteiger partial charge is 0.401 e. The number of alkyl halides is 3. The number of thiophene rings is 1. The van der Waals surface area contributed by atoms with Crippen molar-refractivity contribution in [2.45, 2.75) is 44.1 Å². The molecule has 1 aliphatic carbocycles. The first kappa shape index (κ1) is 13.8. The molecule has 6 heteroatoms. The Bertz CT molecular complexity index is 371. The summed E-state index contributed by atoms with van der Waals surface area (Å²) < 4.78 is 38.0. The summed E-state index contributed by atoms with van der Waals surface area (Å²) in [4.78, 5) is 2.44. The molecule has 2 rings (SSSR count). The number of rotatable bonds is 5. The molecule has 1 heterocycles. The van der Waals surface area contributed by atoms with Crippen molar-refractivity contribution in [2.75, 3.05) is 6.54 Å². The van der Waals surface area contributed by atoms with Gasteiger partial charge in [0.15, 0.2) is 0 Å². The molecule has 0 spiro atoms. The summed E-state index contributed by atoms with van der Waals surface area (Å²) in [6, 6.07) is 3.11. The van der Waals surface area contributed by atoms with E-state index in [0.717, 1.165) is 17.7 Å². The summed E-state index contributed by atoms with van der Waals surface area (Å²) in [6.45, 7) is 0.901. The van der Waals surface area contributed by atoms with Gasteiger partial charge in [0.25, 0.3) is 0 Å². The zero-order valence-electron chi connectivity index (χ0n) is 10.2. The summed E-state index contributed by atoms with van der Waals surface area (Å²) in [5.41, 5.74) is 5.91. The molecule has 1 aromatic heterocycles. The average molecular weight is 278 g/mol. The van der Waals surface area contributed by atoms with Crippen LogP contribution in [-0.4, -0.2) is 29.7 Å². The smallest absolute Gasteiger partial charge is 0.326 e. The molecule has 2 atom stereocenters. The van der Waals surface area contributed by atoms with Crippen LogP contribution < -0.4 is 5.73 Å². The van der Waals surface area contributed by atoms with Crippen LogP contribution in [0.4, 0.5) is 13.2 Å². The first-order valence-corrected chi connectivity index (χ1v) is 6.88. The minimum atomic E-state index is -4.17. The van der Waals surface area contributed by atoms with Gasteiger partial charge in [-0.3, -0.25) is 4.90 Å². The normalized spacial score (nSPS) is 20.1. The number of nitrogens with zero attached hydrogens (tertiary/aromatic N) is 1. The summed E-state index contributed by atoms with van der Waals surface area (Å²) in [5, 5.41) is 1.88. The Labute approximate surface area is 109 Å². The second-order valence-electron chi connectivity index (χ2n) is 4.84. The van der Waals surface area contributed by atoms with Gasteiger partial charge >= 0.3 is 6.18 Å². The third kappa shape index (κ3) is 3.46. The van der Waals surface area contributed by atoms with E-state index in [9.17, 15) is 13.2 Å². The predicted molar refractivity (Wildman–Crippen MR) is 66.5 cm³/mol. The quantitative estimate of drug-likeness (QED) is 0.896. The maximum Gasteiger partial charge on any atom is 0.401 e. The minimum Gasteiger partial charge on any atom is -0.326 e. The molecule has 0 radical (unpaired) electrons. The van der Waals surface area contributed by atoms with Gasteiger partial charge in [0.1, 0.15) is 0 Å². The highest BCUT2D eigenvalue weighted by atomic mass is 32.1. The van der Waals surface area contributed by atoms with Crippen molar-refractivity contribution in [3.05, 3.63) is 22.4 Å². The SMILES string of the molecule is CC(N)C(c1cccs1)N(CC(F)(F)F)C1CC1. The Morgan fingerprint density at radius 1 is 1.50 bits per heavy atom. The molecule has 1 aromatic rings. The van der Waals surface area contributed by atoms with Gasteiger partial charge in [0.2, 0.25) is 0 Å². The molecule has 0 bridgehead atoms. The first-order valence-electron chi connectivity index (χ1n) is 6.00. The lowest BCUT2D eigenvalue weighted by Gasteiger charge is -2.34. The van der Waals surface area contributed by atoms with Crippen LogP contribution in [0.5, 0.6) is 0 Å². The fraction of sp³-hybridized carbons (Fsp3) is 0.667. The molecule has 102 valence electrons. The maximum atomic E-state index is 12.7. The molecule has 2 N–H and O–H groups in total. The molecule has 2 nitrogen and oxygen atoms in total. The van der Waals surface area contributed by atoms with E-state index in [2.05, 4.69) is 0 Å². The van der Waals surface area contributed by atoms with E-state index in [-0.39, 0.29) is 18.1 Å². The molecule has 0 aliphatic heterocycles. The van der Waals surface area contributed by atoms with Crippen molar-refractivity contribution in [2.24, 2.45) is 5.73 Å². The Balaban J connectivity index is 2.21. The molecule has 2 unspecified atom stereocenters. The van der Waals surface area contributed by atoms with Gasteiger partial charge in [-0.1, -0.05) is 6.07 Å². The van der Waals surface area contributed by atoms with Crippen molar-refractivity contribution >= 4 is 11.3 Å². The minimum absolute atomic E-state index is 0.0322. The van der Waals surface area contributed by atoms with Crippen molar-refractivity contribution < 1.29 is 13.2 Å². The molecule has 1 aliphatic rings.